The van der Waals surface area contributed by atoms with E-state index in [1.54, 1.807) is 12.1 Å². The van der Waals surface area contributed by atoms with Crippen LogP contribution in [0.4, 0.5) is 25.8 Å². The highest BCUT2D eigenvalue weighted by Gasteiger charge is 2.54. The number of anilines is 3. The maximum Gasteiger partial charge on any atom is 0.141 e. The molecule has 0 saturated heterocycles. The monoisotopic (exact) mass is 1040 g/mol. The number of halogens is 2. The van der Waals surface area contributed by atoms with Crippen LogP contribution in [-0.2, 0) is 16.2 Å². The number of para-hydroxylation sites is 1. The second-order valence-electron chi connectivity index (χ2n) is 23.8. The molecular weight excluding hydrogens is 981 g/mol. The number of hydrogen-bond donors (Lipinski definition) is 0. The van der Waals surface area contributed by atoms with Crippen molar-refractivity contribution < 1.29 is 13.2 Å². The van der Waals surface area contributed by atoms with Gasteiger partial charge in [-0.3, -0.25) is 0 Å². The standard InChI is InChI=1S/C76H59F2NO/c1-74(2,3)51-32-29-49(30-33-51)70(50-31-40-56(67(77)43-50)47-19-9-7-10-20-47)63-46-62-60-42-39-54(79(53-36-34-52(35-37-53)75(4,5)6)55-38-41-57(68(78)45-55)48-21-11-8-12-22-48)44-66(60)76(72(62)73-71(63)61-25-15-18-28-69(61)80-73)64-26-16-13-23-58(64)59-24-14-17-27-65(59)76/h7-46,70H,1-6H3. The maximum atomic E-state index is 17.0. The highest BCUT2D eigenvalue weighted by molar-refractivity contribution is 6.13. The maximum absolute atomic E-state index is 17.0. The zero-order valence-corrected chi connectivity index (χ0v) is 45.8. The molecule has 4 heteroatoms. The van der Waals surface area contributed by atoms with Gasteiger partial charge in [-0.2, -0.15) is 0 Å². The minimum atomic E-state index is -0.851. The molecule has 0 radical (unpaired) electrons. The van der Waals surface area contributed by atoms with Gasteiger partial charge in [0.2, 0.25) is 0 Å². The SMILES string of the molecule is CC(C)(C)c1ccc(C(c2ccc(-c3ccccc3)c(F)c2)c2cc3c(c4oc5ccccc5c24)C2(c4ccccc4-c4ccccc42)c2cc(N(c4ccc(C(C)(C)C)cc4)c4ccc(-c5ccccc5)c(F)c4)ccc2-3)cc1. The summed E-state index contributed by atoms with van der Waals surface area (Å²) in [7, 11) is 0. The first kappa shape index (κ1) is 49.2. The van der Waals surface area contributed by atoms with E-state index >= 15 is 8.78 Å². The van der Waals surface area contributed by atoms with Crippen molar-refractivity contribution in [1.82, 2.24) is 0 Å². The molecule has 11 aromatic carbocycles. The summed E-state index contributed by atoms with van der Waals surface area (Å²) in [5.41, 5.74) is 20.2. The van der Waals surface area contributed by atoms with E-state index in [4.69, 9.17) is 4.42 Å². The minimum absolute atomic E-state index is 0.0721. The number of nitrogens with zero attached hydrogens (tertiary/aromatic N) is 1. The average Bonchev–Trinajstić information content (AvgIpc) is 3.88. The first-order chi connectivity index (χ1) is 38.8. The van der Waals surface area contributed by atoms with E-state index in [0.29, 0.717) is 16.8 Å². The Hall–Kier alpha value is -9.12. The fourth-order valence-electron chi connectivity index (χ4n) is 13.2. The lowest BCUT2D eigenvalue weighted by atomic mass is 9.69. The molecule has 1 spiro atoms. The third kappa shape index (κ3) is 7.71. The summed E-state index contributed by atoms with van der Waals surface area (Å²) in [4.78, 5) is 2.20. The quantitative estimate of drug-likeness (QED) is 0.141. The summed E-state index contributed by atoms with van der Waals surface area (Å²) < 4.78 is 41.3. The molecule has 14 rings (SSSR count). The smallest absolute Gasteiger partial charge is 0.141 e. The van der Waals surface area contributed by atoms with Gasteiger partial charge in [0.15, 0.2) is 0 Å². The summed E-state index contributed by atoms with van der Waals surface area (Å²) in [5, 5.41) is 2.00. The van der Waals surface area contributed by atoms with Gasteiger partial charge in [0.05, 0.1) is 5.41 Å². The molecule has 1 aromatic heterocycles. The van der Waals surface area contributed by atoms with Gasteiger partial charge in [0.25, 0.3) is 0 Å². The number of fused-ring (bicyclic) bond motifs is 14. The van der Waals surface area contributed by atoms with E-state index in [9.17, 15) is 0 Å². The lowest BCUT2D eigenvalue weighted by Gasteiger charge is -2.32. The average molecular weight is 1040 g/mol. The highest BCUT2D eigenvalue weighted by atomic mass is 19.1. The van der Waals surface area contributed by atoms with Crippen LogP contribution in [-0.4, -0.2) is 0 Å². The number of benzene rings is 11. The Morgan fingerprint density at radius 2 is 0.875 bits per heavy atom. The van der Waals surface area contributed by atoms with E-state index in [1.807, 2.05) is 84.9 Å². The van der Waals surface area contributed by atoms with Crippen molar-refractivity contribution in [2.75, 3.05) is 4.90 Å². The Morgan fingerprint density at radius 1 is 0.400 bits per heavy atom. The van der Waals surface area contributed by atoms with Crippen LogP contribution in [0.5, 0.6) is 0 Å². The Labute approximate surface area is 467 Å². The van der Waals surface area contributed by atoms with Crippen LogP contribution in [0.2, 0.25) is 0 Å². The lowest BCUT2D eigenvalue weighted by molar-refractivity contribution is 0.589. The Bertz CT molecular complexity index is 4340. The molecule has 0 saturated carbocycles. The second-order valence-corrected chi connectivity index (χ2v) is 23.8. The van der Waals surface area contributed by atoms with Crippen molar-refractivity contribution >= 4 is 39.0 Å². The van der Waals surface area contributed by atoms with Crippen molar-refractivity contribution in [2.24, 2.45) is 0 Å². The fraction of sp³-hybridized carbons (Fsp3) is 0.132. The number of hydrogen-bond acceptors (Lipinski definition) is 2. The number of rotatable bonds is 8. The fourth-order valence-corrected chi connectivity index (χ4v) is 13.2. The zero-order chi connectivity index (χ0) is 54.7. The van der Waals surface area contributed by atoms with E-state index in [2.05, 4.69) is 192 Å². The largest absolute Gasteiger partial charge is 0.456 e. The van der Waals surface area contributed by atoms with Gasteiger partial charge in [0.1, 0.15) is 22.8 Å². The van der Waals surface area contributed by atoms with Crippen LogP contribution in [0.3, 0.4) is 0 Å². The van der Waals surface area contributed by atoms with Gasteiger partial charge >= 0.3 is 0 Å². The summed E-state index contributed by atoms with van der Waals surface area (Å²) in [6.45, 7) is 13.4. The first-order valence-electron chi connectivity index (χ1n) is 27.8. The molecule has 1 unspecified atom stereocenters. The van der Waals surface area contributed by atoms with Gasteiger partial charge in [-0.05, 0) is 149 Å². The van der Waals surface area contributed by atoms with Crippen LogP contribution in [0.25, 0.3) is 66.4 Å². The van der Waals surface area contributed by atoms with E-state index in [0.717, 1.165) is 83.4 Å². The Kier molecular flexibility index (Phi) is 11.4. The molecule has 2 aliphatic carbocycles. The first-order valence-corrected chi connectivity index (χ1v) is 27.8. The van der Waals surface area contributed by atoms with Gasteiger partial charge in [-0.1, -0.05) is 224 Å². The van der Waals surface area contributed by atoms with E-state index < -0.39 is 11.3 Å². The minimum Gasteiger partial charge on any atom is -0.456 e. The van der Waals surface area contributed by atoms with Crippen LogP contribution in [0, 0.1) is 11.6 Å². The Balaban J connectivity index is 1.07. The predicted molar refractivity (Wildman–Crippen MR) is 327 cm³/mol. The molecule has 12 aromatic rings. The van der Waals surface area contributed by atoms with Gasteiger partial charge in [-0.15, -0.1) is 0 Å². The third-order valence-corrected chi connectivity index (χ3v) is 17.1. The van der Waals surface area contributed by atoms with Crippen molar-refractivity contribution in [3.63, 3.8) is 0 Å². The topological polar surface area (TPSA) is 16.4 Å². The third-order valence-electron chi connectivity index (χ3n) is 17.1. The van der Waals surface area contributed by atoms with Gasteiger partial charge in [0, 0.05) is 50.4 Å². The molecule has 0 N–H and O–H groups in total. The van der Waals surface area contributed by atoms with Crippen LogP contribution in [0.15, 0.2) is 247 Å². The van der Waals surface area contributed by atoms with Crippen LogP contribution >= 0.6 is 0 Å². The van der Waals surface area contributed by atoms with Crippen molar-refractivity contribution in [3.05, 3.63) is 304 Å². The molecule has 2 nitrogen and oxygen atoms in total. The molecule has 0 bridgehead atoms. The number of furan rings is 1. The molecule has 0 aliphatic heterocycles. The zero-order valence-electron chi connectivity index (χ0n) is 45.8. The molecule has 388 valence electrons. The van der Waals surface area contributed by atoms with Crippen LogP contribution in [0.1, 0.15) is 97.5 Å². The molecular formula is C76H59F2NO. The molecule has 1 atom stereocenters. The molecule has 1 heterocycles. The normalized spacial score (nSPS) is 13.6. The van der Waals surface area contributed by atoms with Crippen molar-refractivity contribution in [1.29, 1.82) is 0 Å². The van der Waals surface area contributed by atoms with E-state index in [-0.39, 0.29) is 22.5 Å². The predicted octanol–water partition coefficient (Wildman–Crippen LogP) is 20.8. The Morgan fingerprint density at radius 3 is 1.46 bits per heavy atom. The molecule has 80 heavy (non-hydrogen) atoms. The lowest BCUT2D eigenvalue weighted by Crippen LogP contribution is -2.26. The molecule has 0 fully saturated rings. The van der Waals surface area contributed by atoms with Crippen LogP contribution < -0.4 is 4.90 Å². The summed E-state index contributed by atoms with van der Waals surface area (Å²) in [5.74, 6) is -0.978. The summed E-state index contributed by atoms with van der Waals surface area (Å²) in [6.07, 6.45) is 0. The van der Waals surface area contributed by atoms with Crippen molar-refractivity contribution in [3.8, 4) is 44.5 Å². The van der Waals surface area contributed by atoms with Gasteiger partial charge < -0.3 is 9.32 Å². The summed E-state index contributed by atoms with van der Waals surface area (Å²) >= 11 is 0. The van der Waals surface area contributed by atoms with E-state index in [1.165, 1.54) is 33.4 Å². The molecule has 0 amide bonds. The highest BCUT2D eigenvalue weighted by Crippen LogP contribution is 2.66. The van der Waals surface area contributed by atoms with Crippen molar-refractivity contribution in [2.45, 2.75) is 63.7 Å². The second kappa shape index (κ2) is 18.5. The molecule has 2 aliphatic rings. The summed E-state index contributed by atoms with van der Waals surface area (Å²) in [6, 6.07) is 83.8. The van der Waals surface area contributed by atoms with Gasteiger partial charge in [-0.25, -0.2) is 8.78 Å².